The van der Waals surface area contributed by atoms with Gasteiger partial charge in [-0.2, -0.15) is 0 Å². The van der Waals surface area contributed by atoms with Crippen LogP contribution in [-0.2, 0) is 6.42 Å². The van der Waals surface area contributed by atoms with Crippen LogP contribution in [-0.4, -0.2) is 12.6 Å². The summed E-state index contributed by atoms with van der Waals surface area (Å²) in [5, 5.41) is 3.67. The van der Waals surface area contributed by atoms with Gasteiger partial charge in [0, 0.05) is 6.04 Å². The lowest BCUT2D eigenvalue weighted by Gasteiger charge is -2.30. The van der Waals surface area contributed by atoms with E-state index in [1.807, 2.05) is 0 Å². The van der Waals surface area contributed by atoms with Crippen LogP contribution in [0.1, 0.15) is 63.5 Å². The molecule has 106 valence electrons. The summed E-state index contributed by atoms with van der Waals surface area (Å²) in [6, 6.07) is 9.90. The first-order valence-corrected chi connectivity index (χ1v) is 8.01. The second-order valence-corrected chi connectivity index (χ2v) is 6.39. The van der Waals surface area contributed by atoms with Gasteiger partial charge in [-0.05, 0) is 42.3 Å². The molecule has 0 saturated heterocycles. The van der Waals surface area contributed by atoms with Crippen LogP contribution >= 0.6 is 0 Å². The van der Waals surface area contributed by atoms with Crippen LogP contribution in [0.2, 0.25) is 0 Å². The largest absolute Gasteiger partial charge is 0.314 e. The Hall–Kier alpha value is -0.820. The molecule has 1 aliphatic rings. The molecule has 1 aromatic rings. The summed E-state index contributed by atoms with van der Waals surface area (Å²) in [5.74, 6) is 1.62. The zero-order valence-electron chi connectivity index (χ0n) is 12.8. The molecular formula is C18H29N. The standard InChI is InChI=1S/C18H29N/c1-4-19-18(12-15-6-5-7-15)13-16-8-10-17(11-9-16)14(2)3/h8-11,14-15,18-19H,4-7,12-13H2,1-3H3. The van der Waals surface area contributed by atoms with Crippen molar-refractivity contribution in [1.29, 1.82) is 0 Å². The lowest BCUT2D eigenvalue weighted by atomic mass is 9.80. The molecule has 2 rings (SSSR count). The van der Waals surface area contributed by atoms with Gasteiger partial charge in [0.05, 0.1) is 0 Å². The summed E-state index contributed by atoms with van der Waals surface area (Å²) in [5.41, 5.74) is 2.93. The minimum absolute atomic E-state index is 0.633. The monoisotopic (exact) mass is 259 g/mol. The van der Waals surface area contributed by atoms with Crippen molar-refractivity contribution in [1.82, 2.24) is 5.32 Å². The van der Waals surface area contributed by atoms with Crippen LogP contribution < -0.4 is 5.32 Å². The first kappa shape index (κ1) is 14.6. The first-order valence-electron chi connectivity index (χ1n) is 8.01. The number of likely N-dealkylation sites (N-methyl/N-ethyl adjacent to an activating group) is 1. The smallest absolute Gasteiger partial charge is 0.0110 e. The van der Waals surface area contributed by atoms with E-state index in [0.29, 0.717) is 12.0 Å². The van der Waals surface area contributed by atoms with Crippen molar-refractivity contribution in [3.63, 3.8) is 0 Å². The number of benzene rings is 1. The third kappa shape index (κ3) is 4.35. The van der Waals surface area contributed by atoms with E-state index >= 15 is 0 Å². The minimum Gasteiger partial charge on any atom is -0.314 e. The van der Waals surface area contributed by atoms with E-state index in [-0.39, 0.29) is 0 Å². The Bertz CT molecular complexity index is 362. The predicted molar refractivity (Wildman–Crippen MR) is 83.7 cm³/mol. The summed E-state index contributed by atoms with van der Waals surface area (Å²) in [6.07, 6.45) is 6.90. The van der Waals surface area contributed by atoms with Gasteiger partial charge in [0.15, 0.2) is 0 Å². The minimum atomic E-state index is 0.633. The van der Waals surface area contributed by atoms with Crippen molar-refractivity contribution < 1.29 is 0 Å². The lowest BCUT2D eigenvalue weighted by molar-refractivity contribution is 0.260. The summed E-state index contributed by atoms with van der Waals surface area (Å²) >= 11 is 0. The lowest BCUT2D eigenvalue weighted by Crippen LogP contribution is -2.34. The molecule has 1 atom stereocenters. The summed E-state index contributed by atoms with van der Waals surface area (Å²) in [7, 11) is 0. The zero-order chi connectivity index (χ0) is 13.7. The van der Waals surface area contributed by atoms with Crippen LogP contribution in [0.4, 0.5) is 0 Å². The highest BCUT2D eigenvalue weighted by atomic mass is 14.9. The van der Waals surface area contributed by atoms with Gasteiger partial charge in [0.2, 0.25) is 0 Å². The fourth-order valence-electron chi connectivity index (χ4n) is 2.98. The maximum Gasteiger partial charge on any atom is 0.0110 e. The van der Waals surface area contributed by atoms with E-state index in [9.17, 15) is 0 Å². The SMILES string of the molecule is CCNC(Cc1ccc(C(C)C)cc1)CC1CCC1. The van der Waals surface area contributed by atoms with Crippen LogP contribution in [0.15, 0.2) is 24.3 Å². The molecule has 0 radical (unpaired) electrons. The van der Waals surface area contributed by atoms with Crippen molar-refractivity contribution >= 4 is 0 Å². The Balaban J connectivity index is 1.91. The number of hydrogen-bond donors (Lipinski definition) is 1. The number of rotatable bonds is 7. The molecule has 0 amide bonds. The van der Waals surface area contributed by atoms with E-state index in [1.54, 1.807) is 0 Å². The highest BCUT2D eigenvalue weighted by Crippen LogP contribution is 2.31. The molecule has 0 bridgehead atoms. The van der Waals surface area contributed by atoms with Crippen molar-refractivity contribution in [2.24, 2.45) is 5.92 Å². The van der Waals surface area contributed by atoms with Crippen molar-refractivity contribution in [3.05, 3.63) is 35.4 Å². The fraction of sp³-hybridized carbons (Fsp3) is 0.667. The number of nitrogens with one attached hydrogen (secondary N) is 1. The highest BCUT2D eigenvalue weighted by molar-refractivity contribution is 5.25. The van der Waals surface area contributed by atoms with Crippen LogP contribution in [0, 0.1) is 5.92 Å². The maximum absolute atomic E-state index is 3.67. The molecule has 1 saturated carbocycles. The van der Waals surface area contributed by atoms with Crippen molar-refractivity contribution in [2.45, 2.75) is 64.8 Å². The summed E-state index contributed by atoms with van der Waals surface area (Å²) in [4.78, 5) is 0. The average molecular weight is 259 g/mol. The second kappa shape index (κ2) is 7.09. The van der Waals surface area contributed by atoms with Gasteiger partial charge in [-0.1, -0.05) is 64.3 Å². The first-order chi connectivity index (χ1) is 9.19. The molecule has 1 fully saturated rings. The van der Waals surface area contributed by atoms with Crippen LogP contribution in [0.3, 0.4) is 0 Å². The van der Waals surface area contributed by atoms with Gasteiger partial charge in [-0.15, -0.1) is 0 Å². The molecule has 0 spiro atoms. The Morgan fingerprint density at radius 3 is 2.32 bits per heavy atom. The second-order valence-electron chi connectivity index (χ2n) is 6.39. The van der Waals surface area contributed by atoms with Gasteiger partial charge in [0.1, 0.15) is 0 Å². The fourth-order valence-corrected chi connectivity index (χ4v) is 2.98. The predicted octanol–water partition coefficient (Wildman–Crippen LogP) is 4.52. The molecule has 1 N–H and O–H groups in total. The van der Waals surface area contributed by atoms with E-state index in [2.05, 4.69) is 50.4 Å². The molecule has 0 aromatic heterocycles. The normalized spacial score (nSPS) is 17.5. The van der Waals surface area contributed by atoms with Gasteiger partial charge in [-0.3, -0.25) is 0 Å². The molecule has 1 heteroatoms. The Morgan fingerprint density at radius 1 is 1.16 bits per heavy atom. The Morgan fingerprint density at radius 2 is 1.84 bits per heavy atom. The number of hydrogen-bond acceptors (Lipinski definition) is 1. The average Bonchev–Trinajstić information content (AvgIpc) is 2.34. The molecule has 1 aliphatic carbocycles. The third-order valence-electron chi connectivity index (χ3n) is 4.46. The molecule has 19 heavy (non-hydrogen) atoms. The van der Waals surface area contributed by atoms with E-state index in [4.69, 9.17) is 0 Å². The molecule has 0 heterocycles. The third-order valence-corrected chi connectivity index (χ3v) is 4.46. The molecule has 1 nitrogen and oxygen atoms in total. The highest BCUT2D eigenvalue weighted by Gasteiger charge is 2.21. The van der Waals surface area contributed by atoms with Gasteiger partial charge >= 0.3 is 0 Å². The van der Waals surface area contributed by atoms with Gasteiger partial charge in [-0.25, -0.2) is 0 Å². The molecular weight excluding hydrogens is 230 g/mol. The Kier molecular flexibility index (Phi) is 5.45. The Labute approximate surface area is 118 Å². The summed E-state index contributed by atoms with van der Waals surface area (Å²) < 4.78 is 0. The van der Waals surface area contributed by atoms with Crippen molar-refractivity contribution in [3.8, 4) is 0 Å². The molecule has 0 aliphatic heterocycles. The van der Waals surface area contributed by atoms with E-state index in [1.165, 1.54) is 43.2 Å². The molecule has 1 aromatic carbocycles. The van der Waals surface area contributed by atoms with E-state index < -0.39 is 0 Å². The van der Waals surface area contributed by atoms with E-state index in [0.717, 1.165) is 12.5 Å². The van der Waals surface area contributed by atoms with Crippen LogP contribution in [0.25, 0.3) is 0 Å². The van der Waals surface area contributed by atoms with Crippen LogP contribution in [0.5, 0.6) is 0 Å². The maximum atomic E-state index is 3.67. The van der Waals surface area contributed by atoms with Gasteiger partial charge in [0.25, 0.3) is 0 Å². The zero-order valence-corrected chi connectivity index (χ0v) is 12.8. The van der Waals surface area contributed by atoms with Crippen molar-refractivity contribution in [2.75, 3.05) is 6.54 Å². The van der Waals surface area contributed by atoms with Gasteiger partial charge < -0.3 is 5.32 Å². The molecule has 1 unspecified atom stereocenters. The quantitative estimate of drug-likeness (QED) is 0.759. The summed E-state index contributed by atoms with van der Waals surface area (Å²) in [6.45, 7) is 7.82. The topological polar surface area (TPSA) is 12.0 Å².